The minimum Gasteiger partial charge on any atom is -0.315 e. The molecule has 0 radical (unpaired) electrons. The number of hydrogen-bond acceptors (Lipinski definition) is 18. The molecular weight excluding hydrogens is 436 g/mol. The fourth-order valence-electron chi connectivity index (χ4n) is 1.77. The molecule has 0 saturated heterocycles. The lowest BCUT2D eigenvalue weighted by Gasteiger charge is -2.03. The van der Waals surface area contributed by atoms with Crippen molar-refractivity contribution in [3.8, 4) is 11.6 Å². The molecule has 0 N–H and O–H groups in total. The largest absolute Gasteiger partial charge is 0.782 e. The van der Waals surface area contributed by atoms with Gasteiger partial charge in [0, 0.05) is 0 Å². The van der Waals surface area contributed by atoms with Gasteiger partial charge in [-0.2, -0.15) is 9.97 Å². The molecule has 30 heavy (non-hydrogen) atoms. The van der Waals surface area contributed by atoms with Crippen LogP contribution >= 0.6 is 0 Å². The Morgan fingerprint density at radius 3 is 0.967 bits per heavy atom. The van der Waals surface area contributed by atoms with Crippen LogP contribution in [0.2, 0.25) is 0 Å². The Labute approximate surface area is 156 Å². The highest BCUT2D eigenvalue weighted by molar-refractivity contribution is 5.40. The molecule has 2 heterocycles. The van der Waals surface area contributed by atoms with E-state index in [4.69, 9.17) is 0 Å². The van der Waals surface area contributed by atoms with Crippen molar-refractivity contribution in [1.29, 1.82) is 0 Å². The summed E-state index contributed by atoms with van der Waals surface area (Å²) >= 11 is 0. The summed E-state index contributed by atoms with van der Waals surface area (Å²) < 4.78 is 8.19. The summed E-state index contributed by atoms with van der Waals surface area (Å²) in [6.45, 7) is 0. The third-order valence-electron chi connectivity index (χ3n) is 3.15. The van der Waals surface area contributed by atoms with E-state index in [0.29, 0.717) is 0 Å². The second kappa shape index (κ2) is 6.69. The van der Waals surface area contributed by atoms with Gasteiger partial charge in [-0.3, -0.25) is 60.7 Å². The van der Waals surface area contributed by atoms with Crippen molar-refractivity contribution in [3.63, 3.8) is 0 Å². The Hall–Kier alpha value is -5.32. The Balaban J connectivity index is 2.64. The zero-order chi connectivity index (χ0) is 23.0. The second-order valence-corrected chi connectivity index (χ2v) is 4.66. The highest BCUT2D eigenvalue weighted by atomic mass is 16.8. The maximum absolute atomic E-state index is 10.9. The molecule has 24 nitrogen and oxygen atoms in total. The van der Waals surface area contributed by atoms with Crippen molar-refractivity contribution in [3.05, 3.63) is 72.5 Å². The maximum atomic E-state index is 10.9. The molecule has 0 amide bonds. The van der Waals surface area contributed by atoms with E-state index >= 15 is 0 Å². The van der Waals surface area contributed by atoms with Crippen LogP contribution in [0.4, 0.5) is 0 Å². The third kappa shape index (κ3) is 2.55. The van der Waals surface area contributed by atoms with Crippen LogP contribution in [0.1, 0.15) is 11.8 Å². The minimum atomic E-state index is -4.37. The fraction of sp³-hybridized carbons (Fsp3) is 0.333. The van der Waals surface area contributed by atoms with Crippen LogP contribution in [-0.4, -0.2) is 49.8 Å². The molecule has 0 spiro atoms. The van der Waals surface area contributed by atoms with Gasteiger partial charge >= 0.3 is 23.4 Å². The molecule has 2 aromatic heterocycles. The highest BCUT2D eigenvalue weighted by Gasteiger charge is 2.79. The van der Waals surface area contributed by atoms with Gasteiger partial charge in [-0.15, -0.1) is 0 Å². The van der Waals surface area contributed by atoms with Gasteiger partial charge in [0.05, 0.1) is 0 Å². The monoisotopic (exact) mass is 436 g/mol. The van der Waals surface area contributed by atoms with Crippen molar-refractivity contribution >= 4 is 0 Å². The van der Waals surface area contributed by atoms with E-state index in [1.165, 1.54) is 0 Å². The van der Waals surface area contributed by atoms with Gasteiger partial charge in [-0.25, -0.2) is 0 Å². The summed E-state index contributed by atoms with van der Waals surface area (Å²) in [6, 6.07) is 0. The molecular formula is C6N10O14. The zero-order valence-corrected chi connectivity index (χ0v) is 13.2. The molecule has 0 aliphatic heterocycles. The number of aromatic nitrogens is 4. The van der Waals surface area contributed by atoms with Crippen LogP contribution in [0, 0.1) is 60.7 Å². The lowest BCUT2D eigenvalue weighted by molar-refractivity contribution is -0.989. The smallest absolute Gasteiger partial charge is 0.315 e. The van der Waals surface area contributed by atoms with E-state index in [0.717, 1.165) is 0 Å². The van der Waals surface area contributed by atoms with E-state index in [1.54, 1.807) is 0 Å². The van der Waals surface area contributed by atoms with Crippen molar-refractivity contribution in [1.82, 2.24) is 20.3 Å². The van der Waals surface area contributed by atoms with Gasteiger partial charge in [-0.05, 0) is 0 Å². The standard InChI is InChI=1S/C6N10O14/c17-11(18)5(12(19)20,13(21)22)3-7-1(9-29-3)2-8-4(30-10-2)6(14(23)24,15(25)26)16(27)28. The Kier molecular flexibility index (Phi) is 4.68. The molecule has 0 fully saturated rings. The molecule has 0 aliphatic rings. The summed E-state index contributed by atoms with van der Waals surface area (Å²) in [6.07, 6.45) is 0. The predicted molar refractivity (Wildman–Crippen MR) is 72.9 cm³/mol. The van der Waals surface area contributed by atoms with E-state index in [-0.39, 0.29) is 0 Å². The van der Waals surface area contributed by atoms with Gasteiger partial charge < -0.3 is 9.05 Å². The van der Waals surface area contributed by atoms with Crippen molar-refractivity contribution in [2.75, 3.05) is 0 Å². The summed E-state index contributed by atoms with van der Waals surface area (Å²) in [5.41, 5.74) is 0. The normalized spacial score (nSPS) is 11.6. The first-order valence-electron chi connectivity index (χ1n) is 6.40. The molecule has 158 valence electrons. The van der Waals surface area contributed by atoms with Crippen molar-refractivity contribution in [2.24, 2.45) is 0 Å². The first kappa shape index (κ1) is 21.0. The molecule has 2 aromatic rings. The van der Waals surface area contributed by atoms with Gasteiger partial charge in [0.15, 0.2) is 29.5 Å². The average molecular weight is 436 g/mol. The summed E-state index contributed by atoms with van der Waals surface area (Å²) in [5, 5.41) is 71.3. The topological polar surface area (TPSA) is 337 Å². The van der Waals surface area contributed by atoms with Crippen LogP contribution in [0.15, 0.2) is 9.05 Å². The molecule has 0 unspecified atom stereocenters. The molecule has 24 heteroatoms. The lowest BCUT2D eigenvalue weighted by Crippen LogP contribution is -2.50. The van der Waals surface area contributed by atoms with E-state index in [9.17, 15) is 60.7 Å². The lowest BCUT2D eigenvalue weighted by atomic mass is 10.3. The van der Waals surface area contributed by atoms with Crippen molar-refractivity contribution < 1.29 is 38.6 Å². The molecule has 0 atom stereocenters. The Bertz CT molecular complexity index is 940. The van der Waals surface area contributed by atoms with Gasteiger partial charge in [0.2, 0.25) is 11.6 Å². The van der Waals surface area contributed by atoms with E-state index < -0.39 is 64.5 Å². The van der Waals surface area contributed by atoms with Crippen LogP contribution in [0.25, 0.3) is 11.6 Å². The number of nitro groups is 6. The number of hydrogen-bond donors (Lipinski definition) is 0. The second-order valence-electron chi connectivity index (χ2n) is 4.66. The van der Waals surface area contributed by atoms with Crippen LogP contribution in [-0.2, 0) is 11.6 Å². The Morgan fingerprint density at radius 2 is 0.767 bits per heavy atom. The maximum Gasteiger partial charge on any atom is 0.782 e. The zero-order valence-electron chi connectivity index (χ0n) is 13.2. The van der Waals surface area contributed by atoms with Gasteiger partial charge in [-0.1, -0.05) is 10.3 Å². The van der Waals surface area contributed by atoms with E-state index in [1.807, 2.05) is 0 Å². The molecule has 0 bridgehead atoms. The SMILES string of the molecule is O=[N+]([O-])C(c1nc(-c2noc(C([N+](=O)[O-])([N+](=O)[O-])[N+](=O)[O-])n2)no1)([N+](=O)[O-])[N+](=O)[O-]. The summed E-state index contributed by atoms with van der Waals surface area (Å²) in [5.74, 6) is -14.8. The average Bonchev–Trinajstić information content (AvgIpc) is 3.23. The summed E-state index contributed by atoms with van der Waals surface area (Å²) in [4.78, 5) is 59.5. The van der Waals surface area contributed by atoms with Crippen LogP contribution < -0.4 is 0 Å². The first-order valence-corrected chi connectivity index (χ1v) is 6.40. The third-order valence-corrected chi connectivity index (χ3v) is 3.15. The van der Waals surface area contributed by atoms with Crippen LogP contribution in [0.3, 0.4) is 0 Å². The summed E-state index contributed by atoms with van der Waals surface area (Å²) in [7, 11) is 0. The molecule has 2 rings (SSSR count). The minimum absolute atomic E-state index is 1.18. The molecule has 0 aliphatic carbocycles. The quantitative estimate of drug-likeness (QED) is 0.233. The van der Waals surface area contributed by atoms with Gasteiger partial charge in [0.25, 0.3) is 0 Å². The van der Waals surface area contributed by atoms with Crippen LogP contribution in [0.5, 0.6) is 0 Å². The number of rotatable bonds is 9. The Morgan fingerprint density at radius 1 is 0.533 bits per heavy atom. The van der Waals surface area contributed by atoms with E-state index in [2.05, 4.69) is 29.3 Å². The molecule has 0 aromatic carbocycles. The first-order chi connectivity index (χ1) is 13.8. The van der Waals surface area contributed by atoms with Gasteiger partial charge in [0.1, 0.15) is 0 Å². The van der Waals surface area contributed by atoms with Crippen molar-refractivity contribution in [2.45, 2.75) is 11.6 Å². The highest BCUT2D eigenvalue weighted by Crippen LogP contribution is 2.29. The number of nitrogens with zero attached hydrogens (tertiary/aromatic N) is 10. The molecule has 0 saturated carbocycles. The predicted octanol–water partition coefficient (Wildman–Crippen LogP) is -2.00. The fourth-order valence-corrected chi connectivity index (χ4v) is 1.77.